The molecule has 17 heavy (non-hydrogen) atoms. The van der Waals surface area contributed by atoms with Crippen LogP contribution in [-0.4, -0.2) is 19.9 Å². The van der Waals surface area contributed by atoms with Gasteiger partial charge < -0.3 is 5.11 Å². The van der Waals surface area contributed by atoms with Crippen LogP contribution >= 0.6 is 34.2 Å². The van der Waals surface area contributed by atoms with Crippen LogP contribution < -0.4 is 0 Å². The van der Waals surface area contributed by atoms with E-state index in [-0.39, 0.29) is 0 Å². The molecule has 1 aromatic carbocycles. The molecule has 0 spiro atoms. The fourth-order valence-corrected chi connectivity index (χ4v) is 2.43. The van der Waals surface area contributed by atoms with Gasteiger partial charge in [0.2, 0.25) is 0 Å². The van der Waals surface area contributed by atoms with Gasteiger partial charge in [0.05, 0.1) is 6.10 Å². The van der Waals surface area contributed by atoms with Gasteiger partial charge >= 0.3 is 0 Å². The maximum atomic E-state index is 10.2. The summed E-state index contributed by atoms with van der Waals surface area (Å²) in [6.45, 7) is 0. The highest BCUT2D eigenvalue weighted by Crippen LogP contribution is 2.25. The average Bonchev–Trinajstić information content (AvgIpc) is 2.68. The molecule has 2 aromatic rings. The third-order valence-electron chi connectivity index (χ3n) is 2.50. The topological polar surface area (TPSA) is 50.9 Å². The first kappa shape index (κ1) is 12.8. The molecule has 6 heteroatoms. The fraction of sp³-hybridized carbons (Fsp3) is 0.273. The van der Waals surface area contributed by atoms with Crippen LogP contribution in [0.5, 0.6) is 0 Å². The number of aliphatic hydroxyl groups is 1. The Bertz CT molecular complexity index is 529. The number of benzene rings is 1. The van der Waals surface area contributed by atoms with Crippen LogP contribution in [0, 0.1) is 3.57 Å². The lowest BCUT2D eigenvalue weighted by Gasteiger charge is -2.12. The van der Waals surface area contributed by atoms with E-state index in [1.54, 1.807) is 17.8 Å². The van der Waals surface area contributed by atoms with Gasteiger partial charge in [0.25, 0.3) is 0 Å². The molecule has 0 aliphatic rings. The number of aromatic nitrogens is 3. The summed E-state index contributed by atoms with van der Waals surface area (Å²) < 4.78 is 2.64. The SMILES string of the molecule is Cn1ncnc1CC(O)c1cc(Cl)ccc1I. The van der Waals surface area contributed by atoms with Crippen molar-refractivity contribution in [1.29, 1.82) is 0 Å². The number of halogens is 2. The molecular formula is C11H11ClIN3O. The molecular weight excluding hydrogens is 352 g/mol. The van der Waals surface area contributed by atoms with Crippen molar-refractivity contribution in [1.82, 2.24) is 14.8 Å². The van der Waals surface area contributed by atoms with Gasteiger partial charge in [0.1, 0.15) is 12.2 Å². The number of nitrogens with zero attached hydrogens (tertiary/aromatic N) is 3. The van der Waals surface area contributed by atoms with Gasteiger partial charge in [-0.15, -0.1) is 0 Å². The van der Waals surface area contributed by atoms with Crippen molar-refractivity contribution < 1.29 is 5.11 Å². The first-order chi connectivity index (χ1) is 8.08. The number of hydrogen-bond donors (Lipinski definition) is 1. The molecule has 0 radical (unpaired) electrons. The third kappa shape index (κ3) is 2.97. The van der Waals surface area contributed by atoms with Gasteiger partial charge in [-0.3, -0.25) is 4.68 Å². The van der Waals surface area contributed by atoms with E-state index in [4.69, 9.17) is 11.6 Å². The Morgan fingerprint density at radius 1 is 1.53 bits per heavy atom. The van der Waals surface area contributed by atoms with Gasteiger partial charge in [0, 0.05) is 22.1 Å². The monoisotopic (exact) mass is 363 g/mol. The normalized spacial score (nSPS) is 12.7. The summed E-state index contributed by atoms with van der Waals surface area (Å²) in [4.78, 5) is 4.09. The molecule has 0 saturated carbocycles. The van der Waals surface area contributed by atoms with Crippen LogP contribution in [0.3, 0.4) is 0 Å². The van der Waals surface area contributed by atoms with Crippen molar-refractivity contribution >= 4 is 34.2 Å². The number of rotatable bonds is 3. The van der Waals surface area contributed by atoms with Gasteiger partial charge in [-0.2, -0.15) is 5.10 Å². The van der Waals surface area contributed by atoms with Crippen molar-refractivity contribution in [2.45, 2.75) is 12.5 Å². The van der Waals surface area contributed by atoms with Gasteiger partial charge in [-0.05, 0) is 46.4 Å². The van der Waals surface area contributed by atoms with E-state index in [0.717, 1.165) is 15.0 Å². The van der Waals surface area contributed by atoms with Crippen LogP contribution in [0.4, 0.5) is 0 Å². The lowest BCUT2D eigenvalue weighted by molar-refractivity contribution is 0.173. The Balaban J connectivity index is 2.23. The second-order valence-electron chi connectivity index (χ2n) is 3.69. The molecule has 0 amide bonds. The summed E-state index contributed by atoms with van der Waals surface area (Å²) in [5.74, 6) is 0.744. The van der Waals surface area contributed by atoms with Gasteiger partial charge in [-0.25, -0.2) is 4.98 Å². The number of hydrogen-bond acceptors (Lipinski definition) is 3. The third-order valence-corrected chi connectivity index (χ3v) is 3.72. The van der Waals surface area contributed by atoms with Crippen molar-refractivity contribution in [3.8, 4) is 0 Å². The Hall–Kier alpha value is -0.660. The van der Waals surface area contributed by atoms with Crippen LogP contribution in [0.2, 0.25) is 5.02 Å². The molecule has 1 N–H and O–H groups in total. The van der Waals surface area contributed by atoms with E-state index < -0.39 is 6.10 Å². The summed E-state index contributed by atoms with van der Waals surface area (Å²) in [5, 5.41) is 14.8. The zero-order valence-corrected chi connectivity index (χ0v) is 12.1. The zero-order chi connectivity index (χ0) is 12.4. The van der Waals surface area contributed by atoms with Crippen LogP contribution in [0.15, 0.2) is 24.5 Å². The molecule has 0 aliphatic heterocycles. The lowest BCUT2D eigenvalue weighted by Crippen LogP contribution is -2.08. The second-order valence-corrected chi connectivity index (χ2v) is 5.28. The summed E-state index contributed by atoms with van der Waals surface area (Å²) in [7, 11) is 1.80. The van der Waals surface area contributed by atoms with Crippen molar-refractivity contribution in [3.63, 3.8) is 0 Å². The molecule has 1 heterocycles. The smallest absolute Gasteiger partial charge is 0.138 e. The van der Waals surface area contributed by atoms with Crippen LogP contribution in [0.25, 0.3) is 0 Å². The van der Waals surface area contributed by atoms with Crippen LogP contribution in [0.1, 0.15) is 17.5 Å². The van der Waals surface area contributed by atoms with E-state index in [2.05, 4.69) is 32.7 Å². The predicted molar refractivity (Wildman–Crippen MR) is 73.8 cm³/mol. The maximum Gasteiger partial charge on any atom is 0.138 e. The highest BCUT2D eigenvalue weighted by atomic mass is 127. The first-order valence-corrected chi connectivity index (χ1v) is 6.49. The Labute approximate surface area is 118 Å². The highest BCUT2D eigenvalue weighted by molar-refractivity contribution is 14.1. The highest BCUT2D eigenvalue weighted by Gasteiger charge is 2.15. The molecule has 0 saturated heterocycles. The standard InChI is InChI=1S/C11H11ClIN3O/c1-16-11(14-6-15-16)5-10(17)8-4-7(12)2-3-9(8)13/h2-4,6,10,17H,5H2,1H3. The number of aryl methyl sites for hydroxylation is 1. The molecule has 90 valence electrons. The molecule has 1 unspecified atom stereocenters. The Morgan fingerprint density at radius 3 is 2.94 bits per heavy atom. The molecule has 1 atom stereocenters. The van der Waals surface area contributed by atoms with Crippen molar-refractivity contribution in [3.05, 3.63) is 44.5 Å². The molecule has 0 bridgehead atoms. The Morgan fingerprint density at radius 2 is 2.29 bits per heavy atom. The summed E-state index contributed by atoms with van der Waals surface area (Å²) in [6.07, 6.45) is 1.28. The molecule has 0 fully saturated rings. The molecule has 1 aromatic heterocycles. The molecule has 4 nitrogen and oxygen atoms in total. The van der Waals surface area contributed by atoms with E-state index in [0.29, 0.717) is 11.4 Å². The van der Waals surface area contributed by atoms with Crippen LogP contribution in [-0.2, 0) is 13.5 Å². The first-order valence-electron chi connectivity index (χ1n) is 5.04. The summed E-state index contributed by atoms with van der Waals surface area (Å²) in [6, 6.07) is 5.48. The van der Waals surface area contributed by atoms with Crippen molar-refractivity contribution in [2.24, 2.45) is 7.05 Å². The minimum Gasteiger partial charge on any atom is -0.388 e. The van der Waals surface area contributed by atoms with Crippen molar-refractivity contribution in [2.75, 3.05) is 0 Å². The number of aliphatic hydroxyl groups excluding tert-OH is 1. The predicted octanol–water partition coefficient (Wildman–Crippen LogP) is 2.35. The quantitative estimate of drug-likeness (QED) is 0.852. The minimum atomic E-state index is -0.622. The Kier molecular flexibility index (Phi) is 4.01. The van der Waals surface area contributed by atoms with E-state index in [9.17, 15) is 5.11 Å². The van der Waals surface area contributed by atoms with E-state index >= 15 is 0 Å². The minimum absolute atomic E-state index is 0.423. The maximum absolute atomic E-state index is 10.2. The summed E-state index contributed by atoms with van der Waals surface area (Å²) >= 11 is 8.11. The molecule has 0 aliphatic carbocycles. The van der Waals surface area contributed by atoms with E-state index in [1.165, 1.54) is 6.33 Å². The zero-order valence-electron chi connectivity index (χ0n) is 9.14. The summed E-state index contributed by atoms with van der Waals surface area (Å²) in [5.41, 5.74) is 0.820. The molecule has 2 rings (SSSR count). The average molecular weight is 364 g/mol. The van der Waals surface area contributed by atoms with Gasteiger partial charge in [0.15, 0.2) is 0 Å². The fourth-order valence-electron chi connectivity index (χ4n) is 1.56. The lowest BCUT2D eigenvalue weighted by atomic mass is 10.1. The largest absolute Gasteiger partial charge is 0.388 e. The second kappa shape index (κ2) is 5.32. The van der Waals surface area contributed by atoms with E-state index in [1.807, 2.05) is 12.1 Å². The van der Waals surface area contributed by atoms with Gasteiger partial charge in [-0.1, -0.05) is 11.6 Å².